The van der Waals surface area contributed by atoms with Crippen LogP contribution < -0.4 is 9.64 Å². The fourth-order valence-corrected chi connectivity index (χ4v) is 6.36. The van der Waals surface area contributed by atoms with Crippen LogP contribution >= 0.6 is 39.0 Å². The molecule has 4 aromatic rings. The molecule has 3 aromatic carbocycles. The second-order valence-corrected chi connectivity index (χ2v) is 12.3. The number of nitrogens with zero attached hydrogens (tertiary/aromatic N) is 3. The van der Waals surface area contributed by atoms with Crippen molar-refractivity contribution in [3.63, 3.8) is 0 Å². The molecule has 2 heterocycles. The van der Waals surface area contributed by atoms with Crippen LogP contribution in [-0.4, -0.2) is 33.6 Å². The van der Waals surface area contributed by atoms with Gasteiger partial charge in [0.05, 0.1) is 18.2 Å². The average molecular weight is 655 g/mol. The summed E-state index contributed by atoms with van der Waals surface area (Å²) in [4.78, 5) is 28.1. The maximum absolute atomic E-state index is 13.4. The van der Waals surface area contributed by atoms with Crippen molar-refractivity contribution in [3.8, 4) is 5.75 Å². The lowest BCUT2D eigenvalue weighted by molar-refractivity contribution is -0.132. The van der Waals surface area contributed by atoms with E-state index in [1.807, 2.05) is 12.1 Å². The number of aliphatic hydroxyl groups is 1. The Morgan fingerprint density at radius 3 is 2.44 bits per heavy atom. The van der Waals surface area contributed by atoms with Crippen molar-refractivity contribution in [1.82, 2.24) is 10.2 Å². The van der Waals surface area contributed by atoms with Gasteiger partial charge in [-0.25, -0.2) is 4.39 Å². The van der Waals surface area contributed by atoms with Gasteiger partial charge < -0.3 is 9.84 Å². The van der Waals surface area contributed by atoms with Gasteiger partial charge in [0.25, 0.3) is 5.78 Å². The highest BCUT2D eigenvalue weighted by Gasteiger charge is 2.48. The number of hydrogen-bond acceptors (Lipinski definition) is 8. The summed E-state index contributed by atoms with van der Waals surface area (Å²) in [5.41, 5.74) is 1.89. The first-order valence-corrected chi connectivity index (χ1v) is 15.5. The summed E-state index contributed by atoms with van der Waals surface area (Å²) in [6.07, 6.45) is 1.94. The van der Waals surface area contributed by atoms with E-state index in [0.717, 1.165) is 22.9 Å². The van der Waals surface area contributed by atoms with E-state index in [2.05, 4.69) is 33.1 Å². The largest absolute Gasteiger partial charge is 0.507 e. The number of aliphatic hydroxyl groups excluding tert-OH is 1. The van der Waals surface area contributed by atoms with Crippen LogP contribution in [0.2, 0.25) is 0 Å². The van der Waals surface area contributed by atoms with Crippen LogP contribution in [0.25, 0.3) is 5.76 Å². The van der Waals surface area contributed by atoms with Crippen molar-refractivity contribution >= 4 is 61.6 Å². The van der Waals surface area contributed by atoms with E-state index < -0.39 is 17.7 Å². The highest BCUT2D eigenvalue weighted by molar-refractivity contribution is 9.10. The molecule has 1 aliphatic heterocycles. The number of unbranched alkanes of at least 4 members (excludes halogenated alkanes) is 1. The van der Waals surface area contributed by atoms with Crippen LogP contribution in [0, 0.1) is 5.82 Å². The Morgan fingerprint density at radius 1 is 1.05 bits per heavy atom. The number of hydrogen-bond donors (Lipinski definition) is 1. The number of benzene rings is 3. The molecule has 1 aliphatic rings. The van der Waals surface area contributed by atoms with Crippen molar-refractivity contribution in [2.24, 2.45) is 0 Å². The Kier molecular flexibility index (Phi) is 9.16. The first-order chi connectivity index (χ1) is 19.9. The van der Waals surface area contributed by atoms with Gasteiger partial charge in [-0.1, -0.05) is 76.6 Å². The predicted molar refractivity (Wildman–Crippen MR) is 162 cm³/mol. The zero-order valence-electron chi connectivity index (χ0n) is 21.9. The van der Waals surface area contributed by atoms with Crippen LogP contribution in [-0.2, 0) is 15.3 Å². The Labute approximate surface area is 253 Å². The third-order valence-electron chi connectivity index (χ3n) is 6.40. The van der Waals surface area contributed by atoms with Crippen molar-refractivity contribution in [2.45, 2.75) is 35.9 Å². The second kappa shape index (κ2) is 13.0. The van der Waals surface area contributed by atoms with Gasteiger partial charge in [0, 0.05) is 15.8 Å². The molecule has 7 nitrogen and oxygen atoms in total. The molecule has 210 valence electrons. The van der Waals surface area contributed by atoms with Gasteiger partial charge in [-0.2, -0.15) is 0 Å². The Hall–Kier alpha value is -3.54. The lowest BCUT2D eigenvalue weighted by Gasteiger charge is -2.22. The Morgan fingerprint density at radius 2 is 1.76 bits per heavy atom. The van der Waals surface area contributed by atoms with E-state index in [4.69, 9.17) is 4.74 Å². The first-order valence-electron chi connectivity index (χ1n) is 12.9. The molecule has 0 aliphatic carbocycles. The van der Waals surface area contributed by atoms with Crippen molar-refractivity contribution in [3.05, 3.63) is 105 Å². The zero-order chi connectivity index (χ0) is 28.9. The molecule has 1 unspecified atom stereocenters. The molecule has 0 saturated carbocycles. The van der Waals surface area contributed by atoms with Gasteiger partial charge in [0.1, 0.15) is 17.3 Å². The standard InChI is InChI=1S/C30H25BrFN3O4S2/c1-2-3-16-39-23-14-8-20(9-15-23)26(36)24-25(19-6-10-21(31)11-7-19)35(28(38)27(24)37)29-33-34-30(41-29)40-17-18-4-12-22(32)13-5-18/h4-15,25,36H,2-3,16-17H2,1H3/b26-24-. The van der Waals surface area contributed by atoms with Crippen LogP contribution in [0.1, 0.15) is 42.5 Å². The Balaban J connectivity index is 1.47. The van der Waals surface area contributed by atoms with Crippen molar-refractivity contribution < 1.29 is 23.8 Å². The summed E-state index contributed by atoms with van der Waals surface area (Å²) in [5, 5.41) is 20.0. The monoisotopic (exact) mass is 653 g/mol. The highest BCUT2D eigenvalue weighted by Crippen LogP contribution is 2.44. The number of ketones is 1. The number of thioether (sulfide) groups is 1. The van der Waals surface area contributed by atoms with Gasteiger partial charge in [-0.05, 0) is 66.1 Å². The van der Waals surface area contributed by atoms with Gasteiger partial charge in [-0.15, -0.1) is 10.2 Å². The predicted octanol–water partition coefficient (Wildman–Crippen LogP) is 7.54. The summed E-state index contributed by atoms with van der Waals surface area (Å²) in [6.45, 7) is 2.67. The maximum atomic E-state index is 13.4. The van der Waals surface area contributed by atoms with E-state index >= 15 is 0 Å². The smallest absolute Gasteiger partial charge is 0.301 e. The molecular formula is C30H25BrFN3O4S2. The number of halogens is 2. The molecule has 11 heteroatoms. The number of carbonyl (C=O) groups excluding carboxylic acids is 2. The third-order valence-corrected chi connectivity index (χ3v) is 9.06. The molecule has 1 amide bonds. The van der Waals surface area contributed by atoms with Crippen LogP contribution in [0.4, 0.5) is 9.52 Å². The minimum atomic E-state index is -0.911. The molecule has 1 saturated heterocycles. The summed E-state index contributed by atoms with van der Waals surface area (Å²) in [5.74, 6) is -1.02. The van der Waals surface area contributed by atoms with Crippen LogP contribution in [0.5, 0.6) is 5.75 Å². The number of aromatic nitrogens is 2. The number of ether oxygens (including phenoxy) is 1. The quantitative estimate of drug-likeness (QED) is 0.0472. The zero-order valence-corrected chi connectivity index (χ0v) is 25.1. The minimum absolute atomic E-state index is 0.0345. The fraction of sp³-hybridized carbons (Fsp3) is 0.200. The lowest BCUT2D eigenvalue weighted by atomic mass is 9.95. The highest BCUT2D eigenvalue weighted by atomic mass is 79.9. The number of anilines is 1. The number of Topliss-reactive ketones (excluding diaryl/α,β-unsaturated/α-hetero) is 1. The van der Waals surface area contributed by atoms with Gasteiger partial charge in [0.15, 0.2) is 4.34 Å². The van der Waals surface area contributed by atoms with E-state index in [9.17, 15) is 19.1 Å². The van der Waals surface area contributed by atoms with E-state index in [-0.39, 0.29) is 22.3 Å². The van der Waals surface area contributed by atoms with Crippen LogP contribution in [0.3, 0.4) is 0 Å². The molecule has 1 fully saturated rings. The second-order valence-electron chi connectivity index (χ2n) is 9.21. The topological polar surface area (TPSA) is 92.6 Å². The molecular weight excluding hydrogens is 629 g/mol. The third kappa shape index (κ3) is 6.52. The normalized spacial score (nSPS) is 16.4. The molecule has 0 radical (unpaired) electrons. The number of carbonyl (C=O) groups is 2. The van der Waals surface area contributed by atoms with E-state index in [0.29, 0.717) is 33.6 Å². The molecule has 1 atom stereocenters. The number of rotatable bonds is 10. The minimum Gasteiger partial charge on any atom is -0.507 e. The van der Waals surface area contributed by atoms with Crippen LogP contribution in [0.15, 0.2) is 87.2 Å². The average Bonchev–Trinajstić information content (AvgIpc) is 3.55. The van der Waals surface area contributed by atoms with Gasteiger partial charge in [-0.3, -0.25) is 14.5 Å². The Bertz CT molecular complexity index is 1570. The molecule has 1 N–H and O–H groups in total. The summed E-state index contributed by atoms with van der Waals surface area (Å²) in [7, 11) is 0. The SMILES string of the molecule is CCCCOc1ccc(/C(O)=C2/C(=O)C(=O)N(c3nnc(SCc4ccc(F)cc4)s3)C2c2ccc(Br)cc2)cc1. The molecule has 41 heavy (non-hydrogen) atoms. The molecule has 5 rings (SSSR count). The molecule has 0 spiro atoms. The first kappa shape index (κ1) is 29.0. The van der Waals surface area contributed by atoms with Gasteiger partial charge in [0.2, 0.25) is 5.13 Å². The van der Waals surface area contributed by atoms with Crippen molar-refractivity contribution in [2.75, 3.05) is 11.5 Å². The fourth-order valence-electron chi connectivity index (χ4n) is 4.27. The lowest BCUT2D eigenvalue weighted by Crippen LogP contribution is -2.29. The summed E-state index contributed by atoms with van der Waals surface area (Å²) < 4.78 is 20.4. The van der Waals surface area contributed by atoms with Crippen molar-refractivity contribution in [1.29, 1.82) is 0 Å². The summed E-state index contributed by atoms with van der Waals surface area (Å²) >= 11 is 5.99. The molecule has 0 bridgehead atoms. The summed E-state index contributed by atoms with van der Waals surface area (Å²) in [6, 6.07) is 19.2. The number of amides is 1. The van der Waals surface area contributed by atoms with E-state index in [1.54, 1.807) is 48.5 Å². The maximum Gasteiger partial charge on any atom is 0.301 e. The molecule has 1 aromatic heterocycles. The van der Waals surface area contributed by atoms with E-state index in [1.165, 1.54) is 40.1 Å². The van der Waals surface area contributed by atoms with Gasteiger partial charge >= 0.3 is 5.91 Å².